The average molecular weight is 346 g/mol. The zero-order valence-corrected chi connectivity index (χ0v) is 14.2. The number of aryl methyl sites for hydroxylation is 1. The number of amides is 1. The predicted molar refractivity (Wildman–Crippen MR) is 86.8 cm³/mol. The van der Waals surface area contributed by atoms with Crippen molar-refractivity contribution in [3.8, 4) is 0 Å². The Morgan fingerprint density at radius 2 is 2.32 bits per heavy atom. The fraction of sp³-hybridized carbons (Fsp3) is 0.588. The third-order valence-corrected chi connectivity index (χ3v) is 4.93. The van der Waals surface area contributed by atoms with Crippen LogP contribution in [0.5, 0.6) is 0 Å². The van der Waals surface area contributed by atoms with Crippen molar-refractivity contribution in [2.75, 3.05) is 26.2 Å². The highest BCUT2D eigenvalue weighted by molar-refractivity contribution is 5.91. The maximum absolute atomic E-state index is 11.9. The van der Waals surface area contributed by atoms with Gasteiger partial charge >= 0.3 is 0 Å². The largest absolute Gasteiger partial charge is 0.372 e. The summed E-state index contributed by atoms with van der Waals surface area (Å²) in [5.41, 5.74) is 0.945. The number of carbonyl (C=O) groups is 1. The normalized spacial score (nSPS) is 22.7. The van der Waals surface area contributed by atoms with Gasteiger partial charge in [-0.1, -0.05) is 10.3 Å². The molecule has 2 saturated heterocycles. The molecule has 0 radical (unpaired) electrons. The first kappa shape index (κ1) is 16.3. The number of nitrogens with zero attached hydrogens (tertiary/aromatic N) is 3. The van der Waals surface area contributed by atoms with Crippen LogP contribution in [0.2, 0.25) is 0 Å². The van der Waals surface area contributed by atoms with E-state index in [1.54, 1.807) is 6.07 Å². The number of ether oxygens (including phenoxy) is 1. The Morgan fingerprint density at radius 1 is 1.44 bits per heavy atom. The molecule has 0 saturated carbocycles. The quantitative estimate of drug-likeness (QED) is 0.874. The lowest BCUT2D eigenvalue weighted by Gasteiger charge is -2.52. The smallest absolute Gasteiger partial charge is 0.289 e. The Kier molecular flexibility index (Phi) is 4.30. The van der Waals surface area contributed by atoms with E-state index in [9.17, 15) is 4.79 Å². The van der Waals surface area contributed by atoms with E-state index in [4.69, 9.17) is 13.8 Å². The molecule has 1 N–H and O–H groups in total. The molecule has 4 heterocycles. The first-order valence-corrected chi connectivity index (χ1v) is 8.59. The van der Waals surface area contributed by atoms with Crippen molar-refractivity contribution in [2.45, 2.75) is 31.9 Å². The molecule has 8 nitrogen and oxygen atoms in total. The summed E-state index contributed by atoms with van der Waals surface area (Å²) in [6.45, 7) is 5.83. The lowest BCUT2D eigenvalue weighted by Crippen LogP contribution is -2.64. The van der Waals surface area contributed by atoms with Crippen LogP contribution in [0.1, 0.15) is 34.9 Å². The van der Waals surface area contributed by atoms with Crippen LogP contribution in [0.15, 0.2) is 27.4 Å². The summed E-state index contributed by atoms with van der Waals surface area (Å²) in [7, 11) is 0. The Hall–Kier alpha value is -2.19. The zero-order chi connectivity index (χ0) is 17.3. The highest BCUT2D eigenvalue weighted by Crippen LogP contribution is 2.36. The second-order valence-corrected chi connectivity index (χ2v) is 7.06. The molecule has 134 valence electrons. The minimum Gasteiger partial charge on any atom is -0.372 e. The van der Waals surface area contributed by atoms with Gasteiger partial charge in [-0.25, -0.2) is 0 Å². The van der Waals surface area contributed by atoms with E-state index in [-0.39, 0.29) is 17.3 Å². The summed E-state index contributed by atoms with van der Waals surface area (Å²) in [5.74, 6) is 1.19. The van der Waals surface area contributed by atoms with Crippen LogP contribution >= 0.6 is 0 Å². The molecule has 0 unspecified atom stereocenters. The van der Waals surface area contributed by atoms with E-state index in [0.29, 0.717) is 19.1 Å². The molecule has 25 heavy (non-hydrogen) atoms. The molecular formula is C17H22N4O4. The first-order valence-electron chi connectivity index (χ1n) is 8.59. The maximum Gasteiger partial charge on any atom is 0.289 e. The molecule has 2 aliphatic rings. The molecule has 1 atom stereocenters. The Balaban J connectivity index is 1.18. The molecule has 2 aliphatic heterocycles. The highest BCUT2D eigenvalue weighted by atomic mass is 16.5. The van der Waals surface area contributed by atoms with Crippen molar-refractivity contribution < 1.29 is 18.6 Å². The van der Waals surface area contributed by atoms with Gasteiger partial charge in [-0.3, -0.25) is 9.69 Å². The zero-order valence-electron chi connectivity index (χ0n) is 14.2. The number of aromatic nitrogens is 2. The summed E-state index contributed by atoms with van der Waals surface area (Å²) in [5, 5.41) is 10.5. The van der Waals surface area contributed by atoms with Gasteiger partial charge in [0, 0.05) is 38.3 Å². The van der Waals surface area contributed by atoms with Crippen molar-refractivity contribution in [1.29, 1.82) is 0 Å². The van der Waals surface area contributed by atoms with Crippen LogP contribution in [0.3, 0.4) is 0 Å². The second kappa shape index (κ2) is 6.61. The standard InChI is InChI=1S/C17H22N4O4/c1-12-6-14(20-24-12)8-21-10-17(11-21)4-2-13(9-23-17)7-18-16(22)15-3-5-19-25-15/h3,5-6,13H,2,4,7-11H2,1H3,(H,18,22)/t13-/m0/s1. The monoisotopic (exact) mass is 346 g/mol. The maximum atomic E-state index is 11.9. The van der Waals surface area contributed by atoms with Crippen LogP contribution in [0, 0.1) is 12.8 Å². The molecule has 1 spiro atoms. The van der Waals surface area contributed by atoms with Crippen molar-refractivity contribution in [3.05, 3.63) is 35.5 Å². The highest BCUT2D eigenvalue weighted by Gasteiger charge is 2.46. The summed E-state index contributed by atoms with van der Waals surface area (Å²) >= 11 is 0. The van der Waals surface area contributed by atoms with E-state index < -0.39 is 0 Å². The molecule has 2 aromatic rings. The fourth-order valence-corrected chi connectivity index (χ4v) is 3.59. The van der Waals surface area contributed by atoms with Crippen LogP contribution in [-0.4, -0.2) is 53.0 Å². The number of likely N-dealkylation sites (tertiary alicyclic amines) is 1. The molecule has 0 aromatic carbocycles. The van der Waals surface area contributed by atoms with Gasteiger partial charge in [0.1, 0.15) is 5.76 Å². The van der Waals surface area contributed by atoms with E-state index >= 15 is 0 Å². The Bertz CT molecular complexity index is 711. The molecule has 8 heteroatoms. The second-order valence-electron chi connectivity index (χ2n) is 7.06. The Labute approximate surface area is 145 Å². The van der Waals surface area contributed by atoms with Gasteiger partial charge in [-0.2, -0.15) is 0 Å². The van der Waals surface area contributed by atoms with Gasteiger partial charge in [-0.15, -0.1) is 0 Å². The van der Waals surface area contributed by atoms with Crippen LogP contribution in [0.25, 0.3) is 0 Å². The molecule has 4 rings (SSSR count). The molecule has 2 aromatic heterocycles. The van der Waals surface area contributed by atoms with Crippen molar-refractivity contribution in [1.82, 2.24) is 20.5 Å². The lowest BCUT2D eigenvalue weighted by molar-refractivity contribution is -0.181. The molecular weight excluding hydrogens is 324 g/mol. The third kappa shape index (κ3) is 3.59. The summed E-state index contributed by atoms with van der Waals surface area (Å²) in [6, 6.07) is 3.53. The van der Waals surface area contributed by atoms with E-state index in [1.165, 1.54) is 6.20 Å². The van der Waals surface area contributed by atoms with Gasteiger partial charge in [0.15, 0.2) is 0 Å². The van der Waals surface area contributed by atoms with Crippen molar-refractivity contribution in [2.24, 2.45) is 5.92 Å². The Morgan fingerprint density at radius 3 is 2.96 bits per heavy atom. The minimum atomic E-state index is -0.226. The van der Waals surface area contributed by atoms with Crippen molar-refractivity contribution in [3.63, 3.8) is 0 Å². The average Bonchev–Trinajstić information content (AvgIpc) is 3.24. The van der Waals surface area contributed by atoms with Gasteiger partial charge in [-0.05, 0) is 25.7 Å². The van der Waals surface area contributed by atoms with E-state index in [2.05, 4.69) is 20.5 Å². The third-order valence-electron chi connectivity index (χ3n) is 4.93. The topological polar surface area (TPSA) is 93.6 Å². The number of hydrogen-bond acceptors (Lipinski definition) is 7. The molecule has 1 amide bonds. The van der Waals surface area contributed by atoms with Gasteiger partial charge in [0.2, 0.25) is 5.76 Å². The summed E-state index contributed by atoms with van der Waals surface area (Å²) in [4.78, 5) is 14.2. The summed E-state index contributed by atoms with van der Waals surface area (Å²) in [6.07, 6.45) is 3.53. The fourth-order valence-electron chi connectivity index (χ4n) is 3.59. The van der Waals surface area contributed by atoms with Crippen molar-refractivity contribution >= 4 is 5.91 Å². The molecule has 0 aliphatic carbocycles. The predicted octanol–water partition coefficient (Wildman–Crippen LogP) is 1.38. The molecule has 0 bridgehead atoms. The lowest BCUT2D eigenvalue weighted by atomic mass is 9.83. The molecule has 2 fully saturated rings. The minimum absolute atomic E-state index is 0.0236. The SMILES string of the molecule is Cc1cc(CN2CC3(CC[C@@H](CNC(=O)c4ccno4)CO3)C2)no1. The summed E-state index contributed by atoms with van der Waals surface area (Å²) < 4.78 is 16.1. The van der Waals surface area contributed by atoms with Crippen LogP contribution in [-0.2, 0) is 11.3 Å². The van der Waals surface area contributed by atoms with Gasteiger partial charge in [0.25, 0.3) is 5.91 Å². The van der Waals surface area contributed by atoms with Gasteiger partial charge in [0.05, 0.1) is 24.1 Å². The number of nitrogens with one attached hydrogen (secondary N) is 1. The van der Waals surface area contributed by atoms with Gasteiger partial charge < -0.3 is 19.1 Å². The number of hydrogen-bond donors (Lipinski definition) is 1. The van der Waals surface area contributed by atoms with E-state index in [0.717, 1.165) is 43.9 Å². The number of rotatable bonds is 5. The van der Waals surface area contributed by atoms with E-state index in [1.807, 2.05) is 13.0 Å². The first-order chi connectivity index (χ1) is 12.1. The number of carbonyl (C=O) groups excluding carboxylic acids is 1. The van der Waals surface area contributed by atoms with Crippen LogP contribution < -0.4 is 5.32 Å². The van der Waals surface area contributed by atoms with Crippen LogP contribution in [0.4, 0.5) is 0 Å².